The van der Waals surface area contributed by atoms with Crippen LogP contribution in [0.15, 0.2) is 54.6 Å². The molecule has 0 N–H and O–H groups in total. The van der Waals surface area contributed by atoms with Crippen molar-refractivity contribution in [2.45, 2.75) is 13.0 Å². The number of rotatable bonds is 9. The van der Waals surface area contributed by atoms with Crippen molar-refractivity contribution in [1.82, 2.24) is 4.90 Å². The normalized spacial score (nSPS) is 10.8. The van der Waals surface area contributed by atoms with Gasteiger partial charge in [0.05, 0.1) is 13.2 Å². The summed E-state index contributed by atoms with van der Waals surface area (Å²) in [5, 5.41) is 0. The molecule has 0 heterocycles. The fourth-order valence-electron chi connectivity index (χ4n) is 2.35. The van der Waals surface area contributed by atoms with Crippen molar-refractivity contribution < 1.29 is 4.74 Å². The van der Waals surface area contributed by atoms with E-state index in [0.717, 1.165) is 31.9 Å². The molecule has 0 bridgehead atoms. The smallest absolute Gasteiger partial charge is 0.124 e. The van der Waals surface area contributed by atoms with E-state index in [2.05, 4.69) is 72.0 Å². The average Bonchev–Trinajstić information content (AvgIpc) is 2.58. The van der Waals surface area contributed by atoms with Gasteiger partial charge >= 0.3 is 0 Å². The summed E-state index contributed by atoms with van der Waals surface area (Å²) in [6, 6.07) is 18.8. The maximum Gasteiger partial charge on any atom is 0.124 e. The zero-order valence-electron chi connectivity index (χ0n) is 14.2. The summed E-state index contributed by atoms with van der Waals surface area (Å²) >= 11 is 1.73. The Balaban J connectivity index is 2.01. The molecule has 124 valence electrons. The molecule has 0 aliphatic rings. The summed E-state index contributed by atoms with van der Waals surface area (Å²) in [7, 11) is 4.17. The molecule has 2 aromatic carbocycles. The van der Waals surface area contributed by atoms with Crippen LogP contribution >= 0.6 is 11.9 Å². The Labute approximate surface area is 144 Å². The number of benzene rings is 2. The first-order valence-corrected chi connectivity index (χ1v) is 9.11. The standard InChI is InChI=1S/C19H26N2OS/c1-20(2)14-9-15-22-19-13-8-7-10-17(19)16-21(23-3)18-11-5-4-6-12-18/h4-8,10-13H,9,14-16H2,1-3H3. The summed E-state index contributed by atoms with van der Waals surface area (Å²) in [6.07, 6.45) is 3.14. The maximum absolute atomic E-state index is 6.01. The van der Waals surface area contributed by atoms with E-state index in [1.54, 1.807) is 11.9 Å². The first-order chi connectivity index (χ1) is 11.2. The van der Waals surface area contributed by atoms with Crippen LogP contribution in [-0.2, 0) is 6.54 Å². The summed E-state index contributed by atoms with van der Waals surface area (Å²) in [5.41, 5.74) is 2.43. The predicted octanol–water partition coefficient (Wildman–Crippen LogP) is 4.30. The van der Waals surface area contributed by atoms with E-state index in [4.69, 9.17) is 4.74 Å². The molecule has 0 unspecified atom stereocenters. The number of hydrogen-bond donors (Lipinski definition) is 0. The number of anilines is 1. The van der Waals surface area contributed by atoms with Gasteiger partial charge in [0, 0.05) is 24.1 Å². The van der Waals surface area contributed by atoms with Crippen LogP contribution in [0.5, 0.6) is 5.75 Å². The van der Waals surface area contributed by atoms with E-state index in [0.29, 0.717) is 0 Å². The van der Waals surface area contributed by atoms with E-state index < -0.39 is 0 Å². The third-order valence-electron chi connectivity index (χ3n) is 3.56. The molecule has 2 aromatic rings. The summed E-state index contributed by atoms with van der Waals surface area (Å²) in [4.78, 5) is 2.18. The molecule has 0 fully saturated rings. The van der Waals surface area contributed by atoms with Crippen LogP contribution in [0.2, 0.25) is 0 Å². The van der Waals surface area contributed by atoms with Gasteiger partial charge in [0.25, 0.3) is 0 Å². The zero-order valence-corrected chi connectivity index (χ0v) is 15.1. The lowest BCUT2D eigenvalue weighted by molar-refractivity contribution is 0.279. The predicted molar refractivity (Wildman–Crippen MR) is 101 cm³/mol. The van der Waals surface area contributed by atoms with Gasteiger partial charge in [0.2, 0.25) is 0 Å². The average molecular weight is 330 g/mol. The fraction of sp³-hybridized carbons (Fsp3) is 0.368. The van der Waals surface area contributed by atoms with Gasteiger partial charge in [0.15, 0.2) is 0 Å². The van der Waals surface area contributed by atoms with Gasteiger partial charge in [-0.25, -0.2) is 0 Å². The summed E-state index contributed by atoms with van der Waals surface area (Å²) in [6.45, 7) is 2.62. The van der Waals surface area contributed by atoms with Crippen molar-refractivity contribution in [1.29, 1.82) is 0 Å². The minimum atomic E-state index is 0.750. The lowest BCUT2D eigenvalue weighted by atomic mass is 10.2. The molecule has 0 aromatic heterocycles. The van der Waals surface area contributed by atoms with E-state index in [1.807, 2.05) is 12.1 Å². The van der Waals surface area contributed by atoms with Crippen LogP contribution in [0.4, 0.5) is 5.69 Å². The Morgan fingerprint density at radius 1 is 0.957 bits per heavy atom. The molecule has 0 spiro atoms. The molecule has 23 heavy (non-hydrogen) atoms. The highest BCUT2D eigenvalue weighted by Crippen LogP contribution is 2.27. The highest BCUT2D eigenvalue weighted by atomic mass is 32.2. The Hall–Kier alpha value is -1.65. The highest BCUT2D eigenvalue weighted by molar-refractivity contribution is 7.99. The van der Waals surface area contributed by atoms with E-state index >= 15 is 0 Å². The lowest BCUT2D eigenvalue weighted by Gasteiger charge is -2.23. The van der Waals surface area contributed by atoms with Crippen LogP contribution in [0, 0.1) is 0 Å². The van der Waals surface area contributed by atoms with Crippen molar-refractivity contribution in [3.63, 3.8) is 0 Å². The topological polar surface area (TPSA) is 15.7 Å². The number of para-hydroxylation sites is 2. The van der Waals surface area contributed by atoms with Crippen LogP contribution in [0.25, 0.3) is 0 Å². The van der Waals surface area contributed by atoms with Crippen LogP contribution in [0.3, 0.4) is 0 Å². The van der Waals surface area contributed by atoms with Crippen molar-refractivity contribution in [3.05, 3.63) is 60.2 Å². The molecule has 0 aliphatic carbocycles. The second kappa shape index (κ2) is 9.48. The molecule has 0 aliphatic heterocycles. The monoisotopic (exact) mass is 330 g/mol. The first-order valence-electron chi connectivity index (χ1n) is 7.93. The molecule has 0 amide bonds. The zero-order chi connectivity index (χ0) is 16.5. The Morgan fingerprint density at radius 3 is 2.35 bits per heavy atom. The van der Waals surface area contributed by atoms with Gasteiger partial charge in [0.1, 0.15) is 5.75 Å². The molecular formula is C19H26N2OS. The van der Waals surface area contributed by atoms with Crippen LogP contribution < -0.4 is 9.04 Å². The second-order valence-corrected chi connectivity index (χ2v) is 6.47. The molecule has 0 saturated heterocycles. The summed E-state index contributed by atoms with van der Waals surface area (Å²) < 4.78 is 8.29. The maximum atomic E-state index is 6.01. The van der Waals surface area contributed by atoms with Gasteiger partial charge in [-0.1, -0.05) is 48.3 Å². The van der Waals surface area contributed by atoms with Gasteiger partial charge in [-0.3, -0.25) is 0 Å². The third kappa shape index (κ3) is 5.81. The molecule has 0 saturated carbocycles. The number of ether oxygens (including phenoxy) is 1. The fourth-order valence-corrected chi connectivity index (χ4v) is 2.95. The summed E-state index contributed by atoms with van der Waals surface area (Å²) in [5.74, 6) is 0.987. The van der Waals surface area contributed by atoms with Gasteiger partial charge < -0.3 is 13.9 Å². The molecule has 4 heteroatoms. The third-order valence-corrected chi connectivity index (χ3v) is 4.34. The number of nitrogens with zero attached hydrogens (tertiary/aromatic N) is 2. The largest absolute Gasteiger partial charge is 0.493 e. The highest BCUT2D eigenvalue weighted by Gasteiger charge is 2.10. The van der Waals surface area contributed by atoms with E-state index in [1.165, 1.54) is 11.3 Å². The minimum Gasteiger partial charge on any atom is -0.493 e. The van der Waals surface area contributed by atoms with Gasteiger partial charge in [-0.15, -0.1) is 0 Å². The first kappa shape index (κ1) is 17.7. The Bertz CT molecular complexity index is 575. The molecule has 0 atom stereocenters. The SMILES string of the molecule is CSN(Cc1ccccc1OCCCN(C)C)c1ccccc1. The van der Waals surface area contributed by atoms with Crippen molar-refractivity contribution in [2.75, 3.05) is 37.8 Å². The number of hydrogen-bond acceptors (Lipinski definition) is 4. The minimum absolute atomic E-state index is 0.750. The van der Waals surface area contributed by atoms with E-state index in [-0.39, 0.29) is 0 Å². The quantitative estimate of drug-likeness (QED) is 0.503. The van der Waals surface area contributed by atoms with Gasteiger partial charge in [-0.2, -0.15) is 0 Å². The molecule has 2 rings (SSSR count). The molecule has 0 radical (unpaired) electrons. The van der Waals surface area contributed by atoms with E-state index in [9.17, 15) is 0 Å². The Kier molecular flexibility index (Phi) is 7.30. The molecular weight excluding hydrogens is 304 g/mol. The lowest BCUT2D eigenvalue weighted by Crippen LogP contribution is -2.17. The van der Waals surface area contributed by atoms with Crippen molar-refractivity contribution >= 4 is 17.6 Å². The Morgan fingerprint density at radius 2 is 1.65 bits per heavy atom. The van der Waals surface area contributed by atoms with Gasteiger partial charge in [-0.05, 0) is 38.7 Å². The molecule has 3 nitrogen and oxygen atoms in total. The van der Waals surface area contributed by atoms with Crippen LogP contribution in [-0.4, -0.2) is 38.4 Å². The second-order valence-electron chi connectivity index (χ2n) is 5.67. The van der Waals surface area contributed by atoms with Crippen molar-refractivity contribution in [3.8, 4) is 5.75 Å². The van der Waals surface area contributed by atoms with Crippen LogP contribution in [0.1, 0.15) is 12.0 Å². The van der Waals surface area contributed by atoms with Crippen molar-refractivity contribution in [2.24, 2.45) is 0 Å².